The molecule has 0 aliphatic rings. The van der Waals surface area contributed by atoms with Gasteiger partial charge in [-0.3, -0.25) is 0 Å². The summed E-state index contributed by atoms with van der Waals surface area (Å²) >= 11 is 1.47. The summed E-state index contributed by atoms with van der Waals surface area (Å²) in [6.45, 7) is 8.08. The van der Waals surface area contributed by atoms with E-state index in [1.807, 2.05) is 0 Å². The molecule has 0 fully saturated rings. The van der Waals surface area contributed by atoms with Crippen molar-refractivity contribution in [2.75, 3.05) is 0 Å². The van der Waals surface area contributed by atoms with E-state index in [2.05, 4.69) is 59.6 Å². The predicted molar refractivity (Wildman–Crippen MR) is 105 cm³/mol. The Kier molecular flexibility index (Phi) is 10.1. The van der Waals surface area contributed by atoms with Crippen molar-refractivity contribution >= 4 is 9.58 Å². The molecule has 0 saturated carbocycles. The van der Waals surface area contributed by atoms with Gasteiger partial charge in [-0.2, -0.15) is 50.0 Å². The van der Waals surface area contributed by atoms with Crippen LogP contribution in [0.3, 0.4) is 0 Å². The van der Waals surface area contributed by atoms with E-state index in [0.29, 0.717) is 6.20 Å². The molecule has 1 nitrogen and oxygen atoms in total. The Morgan fingerprint density at radius 1 is 0.871 bits per heavy atom. The zero-order chi connectivity index (χ0) is 23.8. The Labute approximate surface area is 191 Å². The van der Waals surface area contributed by atoms with Gasteiger partial charge in [0.25, 0.3) is 0 Å². The van der Waals surface area contributed by atoms with Gasteiger partial charge in [0.1, 0.15) is 0 Å². The molecule has 0 unspecified atom stereocenters. The first kappa shape index (κ1) is 27.0. The van der Waals surface area contributed by atoms with Gasteiger partial charge in [0.15, 0.2) is 0 Å². The maximum absolute atomic E-state index is 12.5. The van der Waals surface area contributed by atoms with Crippen LogP contribution in [0.25, 0.3) is 11.3 Å². The van der Waals surface area contributed by atoms with Crippen molar-refractivity contribution in [1.82, 2.24) is 4.98 Å². The third kappa shape index (κ3) is 8.20. The number of nitrogens with zero attached hydrogens (tertiary/aromatic N) is 1. The molecule has 2 aromatic carbocycles. The fourth-order valence-electron chi connectivity index (χ4n) is 2.36. The number of hydrogen-bond acceptors (Lipinski definition) is 1. The van der Waals surface area contributed by atoms with Gasteiger partial charge in [0.2, 0.25) is 0 Å². The van der Waals surface area contributed by atoms with E-state index in [4.69, 9.17) is 0 Å². The molecule has 3 aromatic rings. The Bertz CT molecular complexity index is 949. The summed E-state index contributed by atoms with van der Waals surface area (Å²) in [4.78, 5) is 3.52. The number of halogens is 7. The second-order valence-corrected chi connectivity index (χ2v) is 6.29. The molecular formula is C22H17ClF6IrN. The summed E-state index contributed by atoms with van der Waals surface area (Å²) in [6.07, 6.45) is -8.50. The number of rotatable bonds is 1. The molecule has 168 valence electrons. The minimum atomic E-state index is -4.54. The normalized spacial score (nSPS) is 11.0. The first-order valence-corrected chi connectivity index (χ1v) is 11.5. The van der Waals surface area contributed by atoms with Gasteiger partial charge < -0.3 is 4.98 Å². The van der Waals surface area contributed by atoms with Crippen LogP contribution in [-0.2, 0) is 30.2 Å². The molecule has 9 heteroatoms. The summed E-state index contributed by atoms with van der Waals surface area (Å²) in [5.74, 6) is 0. The molecule has 0 aliphatic carbocycles. The van der Waals surface area contributed by atoms with E-state index in [0.717, 1.165) is 35.9 Å². The molecule has 0 N–H and O–H groups in total. The summed E-state index contributed by atoms with van der Waals surface area (Å²) in [6, 6.07) is 13.2. The molecule has 0 bridgehead atoms. The van der Waals surface area contributed by atoms with Crippen LogP contribution < -0.4 is 0 Å². The summed E-state index contributed by atoms with van der Waals surface area (Å²) in [7, 11) is 4.64. The van der Waals surface area contributed by atoms with Crippen LogP contribution in [-0.4, -0.2) is 4.98 Å². The second kappa shape index (κ2) is 11.6. The van der Waals surface area contributed by atoms with Gasteiger partial charge in [-0.15, -0.1) is 42.0 Å². The average molecular weight is 637 g/mol. The summed E-state index contributed by atoms with van der Waals surface area (Å²) in [5, 5.41) is 0. The fourth-order valence-corrected chi connectivity index (χ4v) is 2.36. The minimum absolute atomic E-state index is 0.0101. The van der Waals surface area contributed by atoms with E-state index in [1.54, 1.807) is 0 Å². The Hall–Kier alpha value is -2.02. The van der Waals surface area contributed by atoms with Crippen LogP contribution in [0.1, 0.15) is 27.8 Å². The van der Waals surface area contributed by atoms with Gasteiger partial charge in [0, 0.05) is 6.20 Å². The van der Waals surface area contributed by atoms with Crippen LogP contribution in [0.15, 0.2) is 54.7 Å². The van der Waals surface area contributed by atoms with Gasteiger partial charge >= 0.3 is 39.8 Å². The second-order valence-electron chi connectivity index (χ2n) is 6.29. The number of aryl methyl sites for hydroxylation is 2. The summed E-state index contributed by atoms with van der Waals surface area (Å²) in [5.41, 5.74) is 1.81. The monoisotopic (exact) mass is 637 g/mol. The molecule has 0 radical (unpaired) electrons. The zero-order valence-corrected chi connectivity index (χ0v) is 19.5. The number of hydrogen-bond donors (Lipinski definition) is 0. The van der Waals surface area contributed by atoms with E-state index in [-0.39, 0.29) is 11.3 Å². The molecule has 1 heterocycles. The molecule has 0 saturated heterocycles. The van der Waals surface area contributed by atoms with Crippen LogP contribution in [0.5, 0.6) is 0 Å². The molecule has 1 aromatic heterocycles. The van der Waals surface area contributed by atoms with Crippen molar-refractivity contribution in [3.8, 4) is 11.3 Å². The standard InChI is InChI=1S/C13H6F6N.C9H11.ClH.Ir/c14-12(15,16)9-3-1-2-8(6-9)11-5-4-10(7-20-11)13(17,18)19;1-7-5-4-6-8(2)9(7)3;;/h1,3-7H;4-6H,3H2,1-2H3;1H;/q2*-1;;+3/p-1. The first-order valence-electron chi connectivity index (χ1n) is 8.53. The number of pyridine rings is 1. The van der Waals surface area contributed by atoms with Crippen LogP contribution in [0.4, 0.5) is 26.3 Å². The van der Waals surface area contributed by atoms with Crippen molar-refractivity contribution in [3.63, 3.8) is 0 Å². The maximum atomic E-state index is 12.5. The van der Waals surface area contributed by atoms with Crippen LogP contribution in [0, 0.1) is 26.8 Å². The van der Waals surface area contributed by atoms with Gasteiger partial charge in [-0.1, -0.05) is 32.0 Å². The van der Waals surface area contributed by atoms with Crippen molar-refractivity contribution in [1.29, 1.82) is 0 Å². The van der Waals surface area contributed by atoms with E-state index in [1.165, 1.54) is 29.0 Å². The third-order valence-corrected chi connectivity index (χ3v) is 4.14. The number of benzene rings is 2. The van der Waals surface area contributed by atoms with E-state index in [9.17, 15) is 26.3 Å². The van der Waals surface area contributed by atoms with E-state index >= 15 is 0 Å². The molecular weight excluding hydrogens is 620 g/mol. The predicted octanol–water partition coefficient (Wildman–Crippen LogP) is 7.76. The Morgan fingerprint density at radius 2 is 1.42 bits per heavy atom. The molecule has 0 amide bonds. The molecule has 0 aliphatic heterocycles. The number of aromatic nitrogens is 1. The van der Waals surface area contributed by atoms with Gasteiger partial charge in [-0.05, 0) is 11.3 Å². The average Bonchev–Trinajstić information content (AvgIpc) is 2.73. The van der Waals surface area contributed by atoms with E-state index < -0.39 is 23.5 Å². The molecule has 0 spiro atoms. The first-order chi connectivity index (χ1) is 14.4. The quantitative estimate of drug-likeness (QED) is 0.197. The third-order valence-electron chi connectivity index (χ3n) is 4.14. The van der Waals surface area contributed by atoms with Crippen molar-refractivity contribution < 1.29 is 44.2 Å². The van der Waals surface area contributed by atoms with Crippen molar-refractivity contribution in [2.24, 2.45) is 0 Å². The Balaban J connectivity index is 0.000000365. The van der Waals surface area contributed by atoms with Crippen LogP contribution in [0.2, 0.25) is 0 Å². The van der Waals surface area contributed by atoms with Crippen LogP contribution >= 0.6 is 9.58 Å². The van der Waals surface area contributed by atoms with Gasteiger partial charge in [-0.25, -0.2) is 0 Å². The number of alkyl halides is 6. The fraction of sp³-hybridized carbons (Fsp3) is 0.182. The zero-order valence-electron chi connectivity index (χ0n) is 16.3. The van der Waals surface area contributed by atoms with Gasteiger partial charge in [0.05, 0.1) is 5.56 Å². The summed E-state index contributed by atoms with van der Waals surface area (Å²) < 4.78 is 74.6. The molecule has 31 heavy (non-hydrogen) atoms. The topological polar surface area (TPSA) is 12.9 Å². The van der Waals surface area contributed by atoms with Crippen molar-refractivity contribution in [3.05, 3.63) is 95.5 Å². The van der Waals surface area contributed by atoms with Crippen molar-refractivity contribution in [2.45, 2.75) is 26.2 Å². The molecule has 0 atom stereocenters. The Morgan fingerprint density at radius 3 is 1.84 bits per heavy atom. The molecule has 3 rings (SSSR count). The SMILES string of the molecule is FC(F)(F)c1ccc(-c2[c-]ccc(C(F)(F)F)c2)nc1.[CH2-]c1c(C)cccc1C.[Cl][Ir+2].